The number of carboxylic acids is 1. The third-order valence-electron chi connectivity index (χ3n) is 4.00. The molecule has 102 valence electrons. The molecular weight excluding hydrogens is 244 g/mol. The van der Waals surface area contributed by atoms with Crippen molar-refractivity contribution >= 4 is 5.97 Å². The Bertz CT molecular complexity index is 499. The fourth-order valence-electron chi connectivity index (χ4n) is 2.62. The minimum Gasteiger partial charge on any atom is -0.481 e. The van der Waals surface area contributed by atoms with Gasteiger partial charge >= 0.3 is 5.97 Å². The van der Waals surface area contributed by atoms with Gasteiger partial charge in [0.05, 0.1) is 12.0 Å². The number of carbonyl (C=O) groups is 1. The summed E-state index contributed by atoms with van der Waals surface area (Å²) in [7, 11) is 0. The average molecular weight is 262 g/mol. The van der Waals surface area contributed by atoms with Crippen molar-refractivity contribution < 1.29 is 19.4 Å². The van der Waals surface area contributed by atoms with Crippen LogP contribution < -0.4 is 0 Å². The van der Waals surface area contributed by atoms with E-state index >= 15 is 0 Å². The standard InChI is InChI=1S/C15H18O4/c1-14(2)18-9-12(19-14)10-3-5-11(6-4-10)15(7-8-15)13(16)17/h3-6,12H,7-9H2,1-2H3,(H,16,17). The van der Waals surface area contributed by atoms with Crippen molar-refractivity contribution in [3.63, 3.8) is 0 Å². The van der Waals surface area contributed by atoms with Gasteiger partial charge in [-0.25, -0.2) is 0 Å². The molecule has 2 aliphatic rings. The molecule has 19 heavy (non-hydrogen) atoms. The van der Waals surface area contributed by atoms with E-state index in [4.69, 9.17) is 9.47 Å². The van der Waals surface area contributed by atoms with E-state index in [0.29, 0.717) is 6.61 Å². The highest BCUT2D eigenvalue weighted by Gasteiger charge is 2.51. The zero-order valence-electron chi connectivity index (χ0n) is 11.2. The molecule has 1 aromatic carbocycles. The molecule has 1 atom stereocenters. The van der Waals surface area contributed by atoms with Gasteiger partial charge in [-0.2, -0.15) is 0 Å². The van der Waals surface area contributed by atoms with Crippen LogP contribution in [0.4, 0.5) is 0 Å². The molecule has 1 heterocycles. The molecule has 2 fully saturated rings. The van der Waals surface area contributed by atoms with Gasteiger partial charge in [0.1, 0.15) is 6.10 Å². The summed E-state index contributed by atoms with van der Waals surface area (Å²) in [6, 6.07) is 7.72. The van der Waals surface area contributed by atoms with Gasteiger partial charge in [0.2, 0.25) is 0 Å². The molecule has 0 amide bonds. The number of benzene rings is 1. The maximum absolute atomic E-state index is 11.3. The Kier molecular flexibility index (Phi) is 2.69. The lowest BCUT2D eigenvalue weighted by atomic mass is 9.94. The molecule has 4 heteroatoms. The van der Waals surface area contributed by atoms with Crippen molar-refractivity contribution in [2.24, 2.45) is 0 Å². The van der Waals surface area contributed by atoms with Gasteiger partial charge in [0, 0.05) is 0 Å². The molecule has 1 saturated carbocycles. The maximum atomic E-state index is 11.3. The normalized spacial score (nSPS) is 27.2. The van der Waals surface area contributed by atoms with E-state index in [1.807, 2.05) is 38.1 Å². The second kappa shape index (κ2) is 4.05. The van der Waals surface area contributed by atoms with Crippen LogP contribution in [-0.4, -0.2) is 23.5 Å². The Morgan fingerprint density at radius 1 is 1.26 bits per heavy atom. The van der Waals surface area contributed by atoms with Gasteiger partial charge in [0.15, 0.2) is 5.79 Å². The highest BCUT2D eigenvalue weighted by molar-refractivity contribution is 5.84. The van der Waals surface area contributed by atoms with E-state index in [1.165, 1.54) is 0 Å². The average Bonchev–Trinajstić information content (AvgIpc) is 3.10. The molecule has 0 radical (unpaired) electrons. The lowest BCUT2D eigenvalue weighted by molar-refractivity contribution is -0.140. The van der Waals surface area contributed by atoms with Crippen molar-refractivity contribution in [2.45, 2.75) is 44.0 Å². The van der Waals surface area contributed by atoms with Gasteiger partial charge in [-0.05, 0) is 37.8 Å². The van der Waals surface area contributed by atoms with Crippen molar-refractivity contribution in [3.8, 4) is 0 Å². The minimum atomic E-state index is -0.721. The molecule has 1 aliphatic carbocycles. The molecule has 4 nitrogen and oxygen atoms in total. The Hall–Kier alpha value is -1.39. The third kappa shape index (κ3) is 2.15. The summed E-state index contributed by atoms with van der Waals surface area (Å²) in [5, 5.41) is 9.26. The Morgan fingerprint density at radius 2 is 1.89 bits per heavy atom. The highest BCUT2D eigenvalue weighted by Crippen LogP contribution is 2.48. The molecule has 1 aromatic rings. The first-order valence-electron chi connectivity index (χ1n) is 6.59. The van der Waals surface area contributed by atoms with Crippen LogP contribution in [0.2, 0.25) is 0 Å². The quantitative estimate of drug-likeness (QED) is 0.909. The second-order valence-electron chi connectivity index (χ2n) is 5.83. The number of hydrogen-bond donors (Lipinski definition) is 1. The highest BCUT2D eigenvalue weighted by atomic mass is 16.7. The second-order valence-corrected chi connectivity index (χ2v) is 5.83. The predicted octanol–water partition coefficient (Wildman–Crippen LogP) is 2.63. The van der Waals surface area contributed by atoms with Gasteiger partial charge in [-0.15, -0.1) is 0 Å². The van der Waals surface area contributed by atoms with E-state index in [2.05, 4.69) is 0 Å². The van der Waals surface area contributed by atoms with Crippen LogP contribution in [0.5, 0.6) is 0 Å². The van der Waals surface area contributed by atoms with Crippen LogP contribution in [-0.2, 0) is 19.7 Å². The number of carboxylic acid groups (broad SMARTS) is 1. The largest absolute Gasteiger partial charge is 0.481 e. The summed E-state index contributed by atoms with van der Waals surface area (Å²) >= 11 is 0. The fourth-order valence-corrected chi connectivity index (χ4v) is 2.62. The van der Waals surface area contributed by atoms with E-state index in [-0.39, 0.29) is 6.10 Å². The number of rotatable bonds is 3. The SMILES string of the molecule is CC1(C)OCC(c2ccc(C3(C(=O)O)CC3)cc2)O1. The third-order valence-corrected chi connectivity index (χ3v) is 4.00. The van der Waals surface area contributed by atoms with E-state index in [0.717, 1.165) is 24.0 Å². The zero-order chi connectivity index (χ0) is 13.7. The first kappa shape index (κ1) is 12.6. The number of aliphatic carboxylic acids is 1. The van der Waals surface area contributed by atoms with Gasteiger partial charge < -0.3 is 14.6 Å². The van der Waals surface area contributed by atoms with E-state index in [9.17, 15) is 9.90 Å². The van der Waals surface area contributed by atoms with Crippen LogP contribution in [0.15, 0.2) is 24.3 Å². The van der Waals surface area contributed by atoms with Gasteiger partial charge in [-0.1, -0.05) is 24.3 Å². The smallest absolute Gasteiger partial charge is 0.314 e. The lowest BCUT2D eigenvalue weighted by Crippen LogP contribution is -2.20. The van der Waals surface area contributed by atoms with Crippen molar-refractivity contribution in [2.75, 3.05) is 6.61 Å². The van der Waals surface area contributed by atoms with Crippen LogP contribution in [0, 0.1) is 0 Å². The molecular formula is C15H18O4. The molecule has 1 aliphatic heterocycles. The van der Waals surface area contributed by atoms with Crippen LogP contribution in [0.1, 0.15) is 43.9 Å². The summed E-state index contributed by atoms with van der Waals surface area (Å²) in [5.41, 5.74) is 1.29. The number of ether oxygens (including phenoxy) is 2. The topological polar surface area (TPSA) is 55.8 Å². The van der Waals surface area contributed by atoms with Gasteiger partial charge in [-0.3, -0.25) is 4.79 Å². The van der Waals surface area contributed by atoms with Crippen molar-refractivity contribution in [1.29, 1.82) is 0 Å². The summed E-state index contributed by atoms with van der Waals surface area (Å²) in [6.45, 7) is 4.33. The Labute approximate surface area is 112 Å². The predicted molar refractivity (Wildman–Crippen MR) is 68.8 cm³/mol. The van der Waals surface area contributed by atoms with Crippen molar-refractivity contribution in [1.82, 2.24) is 0 Å². The summed E-state index contributed by atoms with van der Waals surface area (Å²) in [5.74, 6) is -1.26. The Morgan fingerprint density at radius 3 is 2.32 bits per heavy atom. The fraction of sp³-hybridized carbons (Fsp3) is 0.533. The maximum Gasteiger partial charge on any atom is 0.314 e. The van der Waals surface area contributed by atoms with Crippen LogP contribution >= 0.6 is 0 Å². The zero-order valence-corrected chi connectivity index (χ0v) is 11.2. The first-order valence-corrected chi connectivity index (χ1v) is 6.59. The van der Waals surface area contributed by atoms with Crippen LogP contribution in [0.25, 0.3) is 0 Å². The Balaban J connectivity index is 1.79. The molecule has 1 saturated heterocycles. The molecule has 1 unspecified atom stereocenters. The monoisotopic (exact) mass is 262 g/mol. The molecule has 3 rings (SSSR count). The van der Waals surface area contributed by atoms with Crippen molar-refractivity contribution in [3.05, 3.63) is 35.4 Å². The summed E-state index contributed by atoms with van der Waals surface area (Å²) in [6.07, 6.45) is 1.40. The molecule has 0 spiro atoms. The van der Waals surface area contributed by atoms with Crippen LogP contribution in [0.3, 0.4) is 0 Å². The summed E-state index contributed by atoms with van der Waals surface area (Å²) in [4.78, 5) is 11.3. The lowest BCUT2D eigenvalue weighted by Gasteiger charge is -2.17. The minimum absolute atomic E-state index is 0.0657. The number of hydrogen-bond acceptors (Lipinski definition) is 3. The van der Waals surface area contributed by atoms with E-state index < -0.39 is 17.2 Å². The van der Waals surface area contributed by atoms with E-state index in [1.54, 1.807) is 0 Å². The first-order chi connectivity index (χ1) is 8.93. The van der Waals surface area contributed by atoms with Gasteiger partial charge in [0.25, 0.3) is 0 Å². The molecule has 1 N–H and O–H groups in total. The summed E-state index contributed by atoms with van der Waals surface area (Å²) < 4.78 is 11.3. The molecule has 0 aromatic heterocycles. The molecule has 0 bridgehead atoms.